The van der Waals surface area contributed by atoms with E-state index in [2.05, 4.69) is 45.9 Å². The Balaban J connectivity index is 1.52. The van der Waals surface area contributed by atoms with Gasteiger partial charge in [-0.15, -0.1) is 0 Å². The molecule has 0 spiro atoms. The first kappa shape index (κ1) is 28.3. The fourth-order valence-electron chi connectivity index (χ4n) is 5.12. The molecule has 5 rings (SSSR count). The summed E-state index contributed by atoms with van der Waals surface area (Å²) in [7, 11) is 3.06. The predicted octanol–water partition coefficient (Wildman–Crippen LogP) is 3.64. The number of rotatable bonds is 8. The molecule has 0 unspecified atom stereocenters. The van der Waals surface area contributed by atoms with Crippen LogP contribution in [0.5, 0.6) is 0 Å². The molecule has 41 heavy (non-hydrogen) atoms. The molecule has 1 fully saturated rings. The highest BCUT2D eigenvalue weighted by Gasteiger charge is 2.23. The Labute approximate surface area is 240 Å². The number of fused-ring (bicyclic) bond motifs is 1. The number of aryl methyl sites for hydroxylation is 1. The second-order valence-corrected chi connectivity index (χ2v) is 10.1. The zero-order chi connectivity index (χ0) is 28.8. The van der Waals surface area contributed by atoms with Crippen LogP contribution in [-0.4, -0.2) is 89.1 Å². The first-order chi connectivity index (χ1) is 20.0. The third kappa shape index (κ3) is 6.41. The van der Waals surface area contributed by atoms with Crippen LogP contribution in [0.4, 0.5) is 5.82 Å². The lowest BCUT2D eigenvalue weighted by Crippen LogP contribution is -2.47. The third-order valence-electron chi connectivity index (χ3n) is 7.40. The van der Waals surface area contributed by atoms with E-state index in [9.17, 15) is 9.90 Å². The highest BCUT2D eigenvalue weighted by atomic mass is 16.7. The van der Waals surface area contributed by atoms with Gasteiger partial charge in [0, 0.05) is 75.4 Å². The quantitative estimate of drug-likeness (QED) is 0.264. The number of aromatic nitrogens is 3. The number of carbonyl (C=O) groups excluding carboxylic acids is 1. The van der Waals surface area contributed by atoms with Crippen molar-refractivity contribution in [1.82, 2.24) is 24.6 Å². The molecule has 0 bridgehead atoms. The fraction of sp³-hybridized carbons (Fsp3) is 0.344. The summed E-state index contributed by atoms with van der Waals surface area (Å²) in [6.45, 7) is 6.31. The van der Waals surface area contributed by atoms with E-state index in [0.717, 1.165) is 71.3 Å². The molecule has 3 heterocycles. The van der Waals surface area contributed by atoms with Gasteiger partial charge in [-0.25, -0.2) is 10.0 Å². The third-order valence-corrected chi connectivity index (χ3v) is 7.40. The zero-order valence-corrected chi connectivity index (χ0v) is 23.9. The molecule has 4 aromatic rings. The maximum absolute atomic E-state index is 12.0. The molecule has 9 nitrogen and oxygen atoms in total. The molecule has 2 aromatic heterocycles. The van der Waals surface area contributed by atoms with E-state index in [0.29, 0.717) is 19.4 Å². The number of hydrogen-bond acceptors (Lipinski definition) is 7. The lowest BCUT2D eigenvalue weighted by atomic mass is 10.1. The van der Waals surface area contributed by atoms with Crippen LogP contribution in [-0.2, 0) is 9.63 Å². The first-order valence-electron chi connectivity index (χ1n) is 13.9. The lowest BCUT2D eigenvalue weighted by molar-refractivity contribution is -0.168. The maximum Gasteiger partial charge on any atom is 0.246 e. The average molecular weight is 553 g/mol. The standard InChI is InChI=1S/C32H36N6O3/c1-24-31(26-12-5-4-6-13-26)32-33-28(23-29(38(32)34-24)37-18-16-36(17-19-37)20-21-39)27-14-9-11-25(22-27)10-7-8-15-30(40)35(2)41-3/h4-6,9,11-14,22-23,39H,8,15-21H2,1-3H3. The molecule has 0 radical (unpaired) electrons. The van der Waals surface area contributed by atoms with E-state index in [1.807, 2.05) is 47.8 Å². The maximum atomic E-state index is 12.0. The Morgan fingerprint density at radius 2 is 1.80 bits per heavy atom. The van der Waals surface area contributed by atoms with Crippen molar-refractivity contribution in [2.24, 2.45) is 0 Å². The van der Waals surface area contributed by atoms with Crippen LogP contribution in [0.15, 0.2) is 60.7 Å². The minimum atomic E-state index is -0.108. The van der Waals surface area contributed by atoms with Gasteiger partial charge < -0.3 is 10.0 Å². The van der Waals surface area contributed by atoms with Crippen LogP contribution in [0.25, 0.3) is 28.0 Å². The highest BCUT2D eigenvalue weighted by molar-refractivity contribution is 5.83. The van der Waals surface area contributed by atoms with E-state index < -0.39 is 0 Å². The highest BCUT2D eigenvalue weighted by Crippen LogP contribution is 2.33. The Morgan fingerprint density at radius 3 is 2.54 bits per heavy atom. The van der Waals surface area contributed by atoms with Gasteiger partial charge in [0.1, 0.15) is 5.82 Å². The Bertz CT molecular complexity index is 1570. The summed E-state index contributed by atoms with van der Waals surface area (Å²) in [6.07, 6.45) is 0.746. The Morgan fingerprint density at radius 1 is 1.05 bits per heavy atom. The number of aliphatic hydroxyl groups excluding tert-OH is 1. The van der Waals surface area contributed by atoms with Gasteiger partial charge in [-0.3, -0.25) is 14.5 Å². The number of hydrogen-bond donors (Lipinski definition) is 1. The summed E-state index contributed by atoms with van der Waals surface area (Å²) in [4.78, 5) is 26.7. The minimum absolute atomic E-state index is 0.108. The number of amides is 1. The SMILES string of the molecule is CON(C)C(=O)CCC#Cc1cccc(-c2cc(N3CCN(CCO)CC3)n3nc(C)c(-c4ccccc4)c3n2)c1. The van der Waals surface area contributed by atoms with Crippen molar-refractivity contribution in [2.75, 3.05) is 58.4 Å². The molecule has 1 saturated heterocycles. The van der Waals surface area contributed by atoms with Gasteiger partial charge in [0.15, 0.2) is 5.65 Å². The van der Waals surface area contributed by atoms with Gasteiger partial charge in [0.2, 0.25) is 5.91 Å². The summed E-state index contributed by atoms with van der Waals surface area (Å²) in [5, 5.41) is 15.6. The molecule has 1 N–H and O–H groups in total. The summed E-state index contributed by atoms with van der Waals surface area (Å²) < 4.78 is 1.97. The second-order valence-electron chi connectivity index (χ2n) is 10.1. The van der Waals surface area contributed by atoms with Crippen molar-refractivity contribution in [3.8, 4) is 34.2 Å². The smallest absolute Gasteiger partial charge is 0.246 e. The molecule has 1 aliphatic heterocycles. The van der Waals surface area contributed by atoms with Gasteiger partial charge in [0.25, 0.3) is 0 Å². The van der Waals surface area contributed by atoms with E-state index in [1.54, 1.807) is 7.05 Å². The monoisotopic (exact) mass is 552 g/mol. The molecule has 2 aromatic carbocycles. The summed E-state index contributed by atoms with van der Waals surface area (Å²) in [5.74, 6) is 7.20. The number of nitrogens with zero attached hydrogens (tertiary/aromatic N) is 6. The largest absolute Gasteiger partial charge is 0.395 e. The van der Waals surface area contributed by atoms with Crippen molar-refractivity contribution in [3.63, 3.8) is 0 Å². The first-order valence-corrected chi connectivity index (χ1v) is 13.9. The van der Waals surface area contributed by atoms with Gasteiger partial charge in [-0.05, 0) is 24.6 Å². The van der Waals surface area contributed by atoms with Gasteiger partial charge in [-0.1, -0.05) is 54.3 Å². The molecule has 1 aliphatic rings. The molecular formula is C32H36N6O3. The predicted molar refractivity (Wildman–Crippen MR) is 160 cm³/mol. The number of carbonyl (C=O) groups is 1. The number of aliphatic hydroxyl groups is 1. The lowest BCUT2D eigenvalue weighted by Gasteiger charge is -2.35. The number of piperazine rings is 1. The van der Waals surface area contributed by atoms with Crippen molar-refractivity contribution in [3.05, 3.63) is 71.9 Å². The topological polar surface area (TPSA) is 86.4 Å². The normalized spacial score (nSPS) is 13.7. The summed E-state index contributed by atoms with van der Waals surface area (Å²) in [6, 6.07) is 20.4. The van der Waals surface area contributed by atoms with Gasteiger partial charge in [0.05, 0.1) is 25.1 Å². The van der Waals surface area contributed by atoms with Crippen LogP contribution in [0, 0.1) is 18.8 Å². The second kappa shape index (κ2) is 13.0. The number of benzene rings is 2. The molecule has 0 atom stereocenters. The molecule has 212 valence electrons. The van der Waals surface area contributed by atoms with E-state index >= 15 is 0 Å². The van der Waals surface area contributed by atoms with E-state index in [-0.39, 0.29) is 12.5 Å². The molecule has 9 heteroatoms. The number of β-amino-alcohol motifs (C(OH)–C–C–N with tert-alkyl or cyclic N) is 1. The van der Waals surface area contributed by atoms with Crippen LogP contribution in [0.3, 0.4) is 0 Å². The number of anilines is 1. The Hall–Kier alpha value is -4.23. The molecule has 1 amide bonds. The summed E-state index contributed by atoms with van der Waals surface area (Å²) >= 11 is 0. The van der Waals surface area contributed by atoms with Crippen molar-refractivity contribution in [2.45, 2.75) is 19.8 Å². The Kier molecular flexibility index (Phi) is 8.95. The van der Waals surface area contributed by atoms with E-state index in [4.69, 9.17) is 14.9 Å². The van der Waals surface area contributed by atoms with Crippen molar-refractivity contribution in [1.29, 1.82) is 0 Å². The van der Waals surface area contributed by atoms with Crippen LogP contribution < -0.4 is 4.90 Å². The van der Waals surface area contributed by atoms with Crippen molar-refractivity contribution >= 4 is 17.4 Å². The summed E-state index contributed by atoms with van der Waals surface area (Å²) in [5.41, 5.74) is 6.52. The molecular weight excluding hydrogens is 516 g/mol. The zero-order valence-electron chi connectivity index (χ0n) is 23.9. The van der Waals surface area contributed by atoms with E-state index in [1.165, 1.54) is 12.2 Å². The van der Waals surface area contributed by atoms with Crippen molar-refractivity contribution < 1.29 is 14.7 Å². The average Bonchev–Trinajstić information content (AvgIpc) is 3.35. The number of hydroxylamine groups is 2. The van der Waals surface area contributed by atoms with Gasteiger partial charge in [-0.2, -0.15) is 9.61 Å². The van der Waals surface area contributed by atoms with Crippen LogP contribution in [0.1, 0.15) is 24.1 Å². The molecule has 0 aliphatic carbocycles. The fourth-order valence-corrected chi connectivity index (χ4v) is 5.12. The van der Waals surface area contributed by atoms with Crippen LogP contribution in [0.2, 0.25) is 0 Å². The van der Waals surface area contributed by atoms with Crippen LogP contribution >= 0.6 is 0 Å². The molecule has 0 saturated carbocycles. The van der Waals surface area contributed by atoms with Gasteiger partial charge >= 0.3 is 0 Å². The minimum Gasteiger partial charge on any atom is -0.395 e.